The largest absolute Gasteiger partial charge is 0.319 e. The Labute approximate surface area is 139 Å². The van der Waals surface area contributed by atoms with Gasteiger partial charge in [-0.3, -0.25) is 9.89 Å². The summed E-state index contributed by atoms with van der Waals surface area (Å²) in [5, 5.41) is 8.57. The summed E-state index contributed by atoms with van der Waals surface area (Å²) in [6.07, 6.45) is 3.45. The number of nitrogens with zero attached hydrogens (tertiary/aromatic N) is 1. The van der Waals surface area contributed by atoms with Crippen LogP contribution in [0, 0.1) is 6.92 Å². The van der Waals surface area contributed by atoms with Crippen molar-refractivity contribution in [1.29, 1.82) is 0 Å². The molecule has 1 saturated carbocycles. The molecule has 128 valence electrons. The highest BCUT2D eigenvalue weighted by Crippen LogP contribution is 2.33. The van der Waals surface area contributed by atoms with Crippen molar-refractivity contribution in [2.45, 2.75) is 51.4 Å². The lowest BCUT2D eigenvalue weighted by Crippen LogP contribution is -2.14. The van der Waals surface area contributed by atoms with Crippen molar-refractivity contribution in [3.05, 3.63) is 46.8 Å². The molecule has 0 bridgehead atoms. The molecule has 1 aliphatic rings. The number of rotatable bonds is 4. The average Bonchev–Trinajstić information content (AvgIpc) is 2.97. The normalized spacial score (nSPS) is 15.7. The number of aromatic nitrogens is 2. The third kappa shape index (κ3) is 3.47. The SMILES string of the molecule is Cc1[nH]nc(C(F)F)c1NC(=O)c1ccc(C2CCCCC2)cc1. The van der Waals surface area contributed by atoms with Gasteiger partial charge in [-0.05, 0) is 43.4 Å². The predicted molar refractivity (Wildman–Crippen MR) is 88.5 cm³/mol. The molecule has 0 unspecified atom stereocenters. The summed E-state index contributed by atoms with van der Waals surface area (Å²) in [5.41, 5.74) is 1.75. The molecule has 0 radical (unpaired) electrons. The number of H-pyrrole nitrogens is 1. The topological polar surface area (TPSA) is 57.8 Å². The Morgan fingerprint density at radius 2 is 1.88 bits per heavy atom. The molecule has 6 heteroatoms. The standard InChI is InChI=1S/C18H21F2N3O/c1-11-15(16(17(19)20)23-22-11)21-18(24)14-9-7-13(8-10-14)12-5-3-2-4-6-12/h7-10,12,17H,2-6H2,1H3,(H,21,24)(H,22,23). The van der Waals surface area contributed by atoms with E-state index in [1.807, 2.05) is 12.1 Å². The van der Waals surface area contributed by atoms with Gasteiger partial charge in [0.15, 0.2) is 5.69 Å². The van der Waals surface area contributed by atoms with Gasteiger partial charge in [0, 0.05) is 5.56 Å². The lowest BCUT2D eigenvalue weighted by Gasteiger charge is -2.22. The summed E-state index contributed by atoms with van der Waals surface area (Å²) < 4.78 is 25.8. The zero-order valence-electron chi connectivity index (χ0n) is 13.6. The maximum absolute atomic E-state index is 12.9. The van der Waals surface area contributed by atoms with E-state index >= 15 is 0 Å². The number of anilines is 1. The molecule has 3 rings (SSSR count). The number of alkyl halides is 2. The van der Waals surface area contributed by atoms with Crippen LogP contribution in [0.3, 0.4) is 0 Å². The molecule has 1 heterocycles. The third-order valence-corrected chi connectivity index (χ3v) is 4.67. The van der Waals surface area contributed by atoms with Gasteiger partial charge in [0.1, 0.15) is 0 Å². The molecule has 24 heavy (non-hydrogen) atoms. The van der Waals surface area contributed by atoms with Crippen LogP contribution < -0.4 is 5.32 Å². The van der Waals surface area contributed by atoms with Crippen LogP contribution >= 0.6 is 0 Å². The minimum atomic E-state index is -2.74. The van der Waals surface area contributed by atoms with Gasteiger partial charge in [-0.15, -0.1) is 0 Å². The fourth-order valence-corrected chi connectivity index (χ4v) is 3.29. The number of amides is 1. The van der Waals surface area contributed by atoms with E-state index in [4.69, 9.17) is 0 Å². The average molecular weight is 333 g/mol. The highest BCUT2D eigenvalue weighted by molar-refractivity contribution is 6.04. The molecule has 1 aliphatic carbocycles. The van der Waals surface area contributed by atoms with E-state index in [2.05, 4.69) is 15.5 Å². The van der Waals surface area contributed by atoms with Gasteiger partial charge in [-0.1, -0.05) is 31.4 Å². The van der Waals surface area contributed by atoms with Crippen LogP contribution in [-0.4, -0.2) is 16.1 Å². The highest BCUT2D eigenvalue weighted by atomic mass is 19.3. The summed E-state index contributed by atoms with van der Waals surface area (Å²) in [4.78, 5) is 12.3. The summed E-state index contributed by atoms with van der Waals surface area (Å²) in [7, 11) is 0. The van der Waals surface area contributed by atoms with Crippen molar-refractivity contribution in [1.82, 2.24) is 10.2 Å². The van der Waals surface area contributed by atoms with E-state index in [0.29, 0.717) is 17.2 Å². The molecule has 2 N–H and O–H groups in total. The Kier molecular flexibility index (Phi) is 4.92. The summed E-state index contributed by atoms with van der Waals surface area (Å²) in [6.45, 7) is 1.60. The zero-order chi connectivity index (χ0) is 17.1. The molecule has 1 fully saturated rings. The second-order valence-corrected chi connectivity index (χ2v) is 6.32. The number of aromatic amines is 1. The van der Waals surface area contributed by atoms with E-state index in [0.717, 1.165) is 0 Å². The molecule has 0 spiro atoms. The van der Waals surface area contributed by atoms with Crippen LogP contribution in [0.1, 0.15) is 71.8 Å². The summed E-state index contributed by atoms with van der Waals surface area (Å²) in [5.74, 6) is 0.161. The Bertz CT molecular complexity index is 704. The lowest BCUT2D eigenvalue weighted by molar-refractivity contribution is 0.102. The minimum absolute atomic E-state index is 0.0614. The summed E-state index contributed by atoms with van der Waals surface area (Å²) in [6, 6.07) is 7.47. The number of aryl methyl sites for hydroxylation is 1. The second kappa shape index (κ2) is 7.11. The highest BCUT2D eigenvalue weighted by Gasteiger charge is 2.21. The van der Waals surface area contributed by atoms with E-state index in [9.17, 15) is 13.6 Å². The maximum atomic E-state index is 12.9. The molecule has 0 saturated heterocycles. The molecule has 0 atom stereocenters. The number of hydrogen-bond donors (Lipinski definition) is 2. The van der Waals surface area contributed by atoms with Crippen molar-refractivity contribution >= 4 is 11.6 Å². The summed E-state index contributed by atoms with van der Waals surface area (Å²) >= 11 is 0. The van der Waals surface area contributed by atoms with E-state index < -0.39 is 18.0 Å². The van der Waals surface area contributed by atoms with Crippen LogP contribution in [-0.2, 0) is 0 Å². The van der Waals surface area contributed by atoms with Gasteiger partial charge in [0.2, 0.25) is 0 Å². The smallest absolute Gasteiger partial charge is 0.284 e. The van der Waals surface area contributed by atoms with Gasteiger partial charge in [-0.25, -0.2) is 8.78 Å². The first-order chi connectivity index (χ1) is 11.6. The van der Waals surface area contributed by atoms with E-state index in [1.54, 1.807) is 19.1 Å². The molecule has 1 aromatic carbocycles. The molecular formula is C18H21F2N3O. The van der Waals surface area contributed by atoms with Crippen LogP contribution in [0.15, 0.2) is 24.3 Å². The number of hydrogen-bond acceptors (Lipinski definition) is 2. The van der Waals surface area contributed by atoms with Crippen LogP contribution in [0.5, 0.6) is 0 Å². The predicted octanol–water partition coefficient (Wildman–Crippen LogP) is 4.96. The fraction of sp³-hybridized carbons (Fsp3) is 0.444. The van der Waals surface area contributed by atoms with Gasteiger partial charge in [0.05, 0.1) is 11.4 Å². The molecule has 4 nitrogen and oxygen atoms in total. The first-order valence-electron chi connectivity index (χ1n) is 8.30. The van der Waals surface area contributed by atoms with Gasteiger partial charge in [0.25, 0.3) is 12.3 Å². The number of halogens is 2. The first-order valence-corrected chi connectivity index (χ1v) is 8.30. The fourth-order valence-electron chi connectivity index (χ4n) is 3.29. The van der Waals surface area contributed by atoms with Crippen molar-refractivity contribution < 1.29 is 13.6 Å². The Morgan fingerprint density at radius 3 is 2.50 bits per heavy atom. The number of nitrogens with one attached hydrogen (secondary N) is 2. The molecular weight excluding hydrogens is 312 g/mol. The molecule has 2 aromatic rings. The monoisotopic (exact) mass is 333 g/mol. The number of benzene rings is 1. The Morgan fingerprint density at radius 1 is 1.21 bits per heavy atom. The zero-order valence-corrected chi connectivity index (χ0v) is 13.6. The maximum Gasteiger partial charge on any atom is 0.284 e. The number of carbonyl (C=O) groups is 1. The third-order valence-electron chi connectivity index (χ3n) is 4.67. The van der Waals surface area contributed by atoms with Gasteiger partial charge in [-0.2, -0.15) is 5.10 Å². The molecule has 1 amide bonds. The van der Waals surface area contributed by atoms with Crippen molar-refractivity contribution in [2.75, 3.05) is 5.32 Å². The van der Waals surface area contributed by atoms with Crippen molar-refractivity contribution in [3.8, 4) is 0 Å². The Balaban J connectivity index is 1.72. The van der Waals surface area contributed by atoms with Crippen LogP contribution in [0.25, 0.3) is 0 Å². The second-order valence-electron chi connectivity index (χ2n) is 6.32. The van der Waals surface area contributed by atoms with Crippen molar-refractivity contribution in [3.63, 3.8) is 0 Å². The van der Waals surface area contributed by atoms with E-state index in [1.165, 1.54) is 37.7 Å². The van der Waals surface area contributed by atoms with E-state index in [-0.39, 0.29) is 5.69 Å². The quantitative estimate of drug-likeness (QED) is 0.831. The first kappa shape index (κ1) is 16.6. The minimum Gasteiger partial charge on any atom is -0.319 e. The van der Waals surface area contributed by atoms with Gasteiger partial charge < -0.3 is 5.32 Å². The lowest BCUT2D eigenvalue weighted by atomic mass is 9.84. The molecule has 0 aliphatic heterocycles. The van der Waals surface area contributed by atoms with Gasteiger partial charge >= 0.3 is 0 Å². The Hall–Kier alpha value is -2.24. The molecule has 1 aromatic heterocycles. The number of carbonyl (C=O) groups excluding carboxylic acids is 1. The van der Waals surface area contributed by atoms with Crippen LogP contribution in [0.4, 0.5) is 14.5 Å². The van der Waals surface area contributed by atoms with Crippen molar-refractivity contribution in [2.24, 2.45) is 0 Å². The van der Waals surface area contributed by atoms with Crippen LogP contribution in [0.2, 0.25) is 0 Å².